The van der Waals surface area contributed by atoms with Gasteiger partial charge in [0.2, 0.25) is 0 Å². The highest BCUT2D eigenvalue weighted by atomic mass is 16.5. The van der Waals surface area contributed by atoms with Crippen molar-refractivity contribution in [2.45, 2.75) is 13.8 Å². The number of aromatic nitrogens is 2. The maximum absolute atomic E-state index is 13.1. The standard InChI is InChI=1S/C28H23N3O3/c1-18-16-21(31-19(2)29-25-12-6-5-11-23(25)28(31)33)14-15-24(18)30-27(32)17-34-26-13-7-9-20-8-3-4-10-22(20)26/h3-16H,17H2,1-2H3,(H,30,32). The van der Waals surface area contributed by atoms with Crippen molar-refractivity contribution in [2.24, 2.45) is 0 Å². The second-order valence-electron chi connectivity index (χ2n) is 8.13. The molecule has 4 aromatic carbocycles. The van der Waals surface area contributed by atoms with Crippen molar-refractivity contribution < 1.29 is 9.53 Å². The summed E-state index contributed by atoms with van der Waals surface area (Å²) in [5.41, 5.74) is 2.74. The van der Waals surface area contributed by atoms with Crippen molar-refractivity contribution in [3.05, 3.63) is 107 Å². The molecule has 1 heterocycles. The average molecular weight is 450 g/mol. The van der Waals surface area contributed by atoms with E-state index in [4.69, 9.17) is 4.74 Å². The molecule has 0 aliphatic heterocycles. The minimum atomic E-state index is -0.260. The lowest BCUT2D eigenvalue weighted by atomic mass is 10.1. The summed E-state index contributed by atoms with van der Waals surface area (Å²) in [7, 11) is 0. The van der Waals surface area contributed by atoms with Gasteiger partial charge >= 0.3 is 0 Å². The molecule has 168 valence electrons. The van der Waals surface area contributed by atoms with E-state index in [1.807, 2.05) is 80.6 Å². The fraction of sp³-hybridized carbons (Fsp3) is 0.107. The average Bonchev–Trinajstić information content (AvgIpc) is 2.84. The Kier molecular flexibility index (Phi) is 5.55. The Morgan fingerprint density at radius 2 is 1.65 bits per heavy atom. The highest BCUT2D eigenvalue weighted by Gasteiger charge is 2.12. The number of amides is 1. The topological polar surface area (TPSA) is 73.2 Å². The van der Waals surface area contributed by atoms with E-state index in [9.17, 15) is 9.59 Å². The van der Waals surface area contributed by atoms with E-state index in [1.165, 1.54) is 0 Å². The Hall–Kier alpha value is -4.45. The van der Waals surface area contributed by atoms with E-state index in [0.29, 0.717) is 33.9 Å². The Morgan fingerprint density at radius 3 is 2.47 bits per heavy atom. The van der Waals surface area contributed by atoms with Crippen LogP contribution in [0, 0.1) is 13.8 Å². The maximum Gasteiger partial charge on any atom is 0.265 e. The number of para-hydroxylation sites is 1. The number of rotatable bonds is 5. The molecular formula is C28H23N3O3. The lowest BCUT2D eigenvalue weighted by Crippen LogP contribution is -2.23. The molecule has 1 amide bonds. The normalized spacial score (nSPS) is 11.0. The van der Waals surface area contributed by atoms with Gasteiger partial charge in [-0.2, -0.15) is 0 Å². The number of carbonyl (C=O) groups is 1. The van der Waals surface area contributed by atoms with Crippen LogP contribution in [0.5, 0.6) is 5.75 Å². The quantitative estimate of drug-likeness (QED) is 0.402. The monoisotopic (exact) mass is 449 g/mol. The number of hydrogen-bond donors (Lipinski definition) is 1. The molecule has 5 aromatic rings. The largest absolute Gasteiger partial charge is 0.483 e. The molecule has 0 saturated heterocycles. The van der Waals surface area contributed by atoms with Gasteiger partial charge in [-0.3, -0.25) is 14.2 Å². The smallest absolute Gasteiger partial charge is 0.265 e. The van der Waals surface area contributed by atoms with Crippen LogP contribution in [0.25, 0.3) is 27.4 Å². The van der Waals surface area contributed by atoms with Gasteiger partial charge in [-0.05, 0) is 61.2 Å². The van der Waals surface area contributed by atoms with Gasteiger partial charge in [-0.15, -0.1) is 0 Å². The van der Waals surface area contributed by atoms with E-state index in [2.05, 4.69) is 10.3 Å². The van der Waals surface area contributed by atoms with Crippen LogP contribution in [0.15, 0.2) is 89.7 Å². The molecular weight excluding hydrogens is 426 g/mol. The van der Waals surface area contributed by atoms with E-state index in [-0.39, 0.29) is 18.1 Å². The van der Waals surface area contributed by atoms with Crippen LogP contribution in [-0.4, -0.2) is 22.1 Å². The molecule has 6 heteroatoms. The van der Waals surface area contributed by atoms with Gasteiger partial charge in [0.15, 0.2) is 6.61 Å². The molecule has 34 heavy (non-hydrogen) atoms. The van der Waals surface area contributed by atoms with Crippen LogP contribution in [0.2, 0.25) is 0 Å². The van der Waals surface area contributed by atoms with Crippen LogP contribution in [-0.2, 0) is 4.79 Å². The molecule has 5 rings (SSSR count). The summed E-state index contributed by atoms with van der Waals surface area (Å²) in [4.78, 5) is 30.2. The Balaban J connectivity index is 1.35. The van der Waals surface area contributed by atoms with E-state index < -0.39 is 0 Å². The number of anilines is 1. The zero-order valence-electron chi connectivity index (χ0n) is 18.9. The van der Waals surface area contributed by atoms with Gasteiger partial charge in [0.1, 0.15) is 11.6 Å². The lowest BCUT2D eigenvalue weighted by Gasteiger charge is -2.14. The summed E-state index contributed by atoms with van der Waals surface area (Å²) in [6.45, 7) is 3.59. The number of carbonyl (C=O) groups excluding carboxylic acids is 1. The van der Waals surface area contributed by atoms with Crippen LogP contribution in [0.3, 0.4) is 0 Å². The number of fused-ring (bicyclic) bond motifs is 2. The number of nitrogens with zero attached hydrogens (tertiary/aromatic N) is 2. The summed E-state index contributed by atoms with van der Waals surface area (Å²) in [6, 6.07) is 26.4. The maximum atomic E-state index is 13.1. The first-order chi connectivity index (χ1) is 16.5. The summed E-state index contributed by atoms with van der Waals surface area (Å²) < 4.78 is 7.38. The minimum Gasteiger partial charge on any atom is -0.483 e. The summed E-state index contributed by atoms with van der Waals surface area (Å²) in [5.74, 6) is 1.01. The number of aryl methyl sites for hydroxylation is 2. The molecule has 0 radical (unpaired) electrons. The molecule has 0 fully saturated rings. The molecule has 0 spiro atoms. The zero-order valence-corrected chi connectivity index (χ0v) is 18.9. The Labute approximate surface area is 196 Å². The third kappa shape index (κ3) is 4.01. The van der Waals surface area contributed by atoms with E-state index in [0.717, 1.165) is 16.3 Å². The van der Waals surface area contributed by atoms with Crippen LogP contribution < -0.4 is 15.6 Å². The highest BCUT2D eigenvalue weighted by Crippen LogP contribution is 2.25. The highest BCUT2D eigenvalue weighted by molar-refractivity contribution is 5.93. The molecule has 0 aliphatic rings. The second kappa shape index (κ2) is 8.83. The first-order valence-electron chi connectivity index (χ1n) is 11.0. The molecule has 0 saturated carbocycles. The van der Waals surface area contributed by atoms with Crippen molar-refractivity contribution in [2.75, 3.05) is 11.9 Å². The van der Waals surface area contributed by atoms with Crippen molar-refractivity contribution in [3.63, 3.8) is 0 Å². The Bertz CT molecular complexity index is 1600. The predicted molar refractivity (Wildman–Crippen MR) is 135 cm³/mol. The molecule has 1 aromatic heterocycles. The third-order valence-corrected chi connectivity index (χ3v) is 5.79. The van der Waals surface area contributed by atoms with Gasteiger partial charge in [-0.1, -0.05) is 48.5 Å². The Morgan fingerprint density at radius 1 is 0.912 bits per heavy atom. The number of benzene rings is 4. The minimum absolute atomic E-state index is 0.109. The molecule has 6 nitrogen and oxygen atoms in total. The van der Waals surface area contributed by atoms with Crippen molar-refractivity contribution in [3.8, 4) is 11.4 Å². The van der Waals surface area contributed by atoms with Crippen LogP contribution in [0.1, 0.15) is 11.4 Å². The van der Waals surface area contributed by atoms with Crippen LogP contribution >= 0.6 is 0 Å². The summed E-state index contributed by atoms with van der Waals surface area (Å²) in [5, 5.41) is 5.48. The van der Waals surface area contributed by atoms with E-state index >= 15 is 0 Å². The molecule has 0 unspecified atom stereocenters. The first kappa shape index (κ1) is 21.4. The number of ether oxygens (including phenoxy) is 1. The van der Waals surface area contributed by atoms with E-state index in [1.54, 1.807) is 22.8 Å². The lowest BCUT2D eigenvalue weighted by molar-refractivity contribution is -0.118. The third-order valence-electron chi connectivity index (χ3n) is 5.79. The summed E-state index contributed by atoms with van der Waals surface area (Å²) in [6.07, 6.45) is 0. The van der Waals surface area contributed by atoms with Gasteiger partial charge < -0.3 is 10.1 Å². The van der Waals surface area contributed by atoms with Gasteiger partial charge in [0.05, 0.1) is 16.6 Å². The van der Waals surface area contributed by atoms with Crippen LogP contribution in [0.4, 0.5) is 5.69 Å². The van der Waals surface area contributed by atoms with Crippen molar-refractivity contribution in [1.29, 1.82) is 0 Å². The molecule has 0 aliphatic carbocycles. The zero-order chi connectivity index (χ0) is 23.7. The number of hydrogen-bond acceptors (Lipinski definition) is 4. The van der Waals surface area contributed by atoms with Crippen molar-refractivity contribution >= 4 is 33.3 Å². The summed E-state index contributed by atoms with van der Waals surface area (Å²) >= 11 is 0. The SMILES string of the molecule is Cc1cc(-n2c(C)nc3ccccc3c2=O)ccc1NC(=O)COc1cccc2ccccc12. The first-order valence-corrected chi connectivity index (χ1v) is 11.0. The number of nitrogens with one attached hydrogen (secondary N) is 1. The molecule has 0 atom stereocenters. The van der Waals surface area contributed by atoms with Gasteiger partial charge in [0.25, 0.3) is 11.5 Å². The van der Waals surface area contributed by atoms with Gasteiger partial charge in [-0.25, -0.2) is 4.98 Å². The second-order valence-corrected chi connectivity index (χ2v) is 8.13. The predicted octanol–water partition coefficient (Wildman–Crippen LogP) is 5.17. The molecule has 0 bridgehead atoms. The van der Waals surface area contributed by atoms with Crippen molar-refractivity contribution in [1.82, 2.24) is 9.55 Å². The molecule has 1 N–H and O–H groups in total. The van der Waals surface area contributed by atoms with Gasteiger partial charge in [0, 0.05) is 11.1 Å². The fourth-order valence-electron chi connectivity index (χ4n) is 4.13. The fourth-order valence-corrected chi connectivity index (χ4v) is 4.13.